The highest BCUT2D eigenvalue weighted by molar-refractivity contribution is 5.87. The molecule has 0 aliphatic heterocycles. The van der Waals surface area contributed by atoms with Gasteiger partial charge in [-0.1, -0.05) is 12.7 Å². The van der Waals surface area contributed by atoms with Crippen molar-refractivity contribution in [1.29, 1.82) is 0 Å². The first-order valence-corrected chi connectivity index (χ1v) is 4.58. The maximum atomic E-state index is 11.1. The molecule has 0 N–H and O–H groups in total. The fourth-order valence-corrected chi connectivity index (χ4v) is 0.721. The Hall–Kier alpha value is -1.09. The van der Waals surface area contributed by atoms with Gasteiger partial charge in [-0.2, -0.15) is 0 Å². The van der Waals surface area contributed by atoms with E-state index in [1.54, 1.807) is 19.9 Å². The number of carbonyl (C=O) groups excluding carboxylic acids is 1. The number of hydrogen-bond acceptors (Lipinski definition) is 3. The Balaban J connectivity index is 3.93. The van der Waals surface area contributed by atoms with Gasteiger partial charge in [0, 0.05) is 5.57 Å². The molecule has 0 rings (SSSR count). The van der Waals surface area contributed by atoms with E-state index in [0.717, 1.165) is 0 Å². The van der Waals surface area contributed by atoms with Crippen molar-refractivity contribution in [2.45, 2.75) is 33.0 Å². The van der Waals surface area contributed by atoms with Crippen molar-refractivity contribution in [2.24, 2.45) is 0 Å². The molecule has 0 heterocycles. The Morgan fingerprint density at radius 2 is 2.00 bits per heavy atom. The summed E-state index contributed by atoms with van der Waals surface area (Å²) in [5, 5.41) is 0. The zero-order valence-electron chi connectivity index (χ0n) is 9.08. The van der Waals surface area contributed by atoms with Crippen LogP contribution in [-0.2, 0) is 14.3 Å². The van der Waals surface area contributed by atoms with Gasteiger partial charge in [-0.15, -0.1) is 6.58 Å². The van der Waals surface area contributed by atoms with Gasteiger partial charge in [0.25, 0.3) is 0 Å². The van der Waals surface area contributed by atoms with E-state index in [0.29, 0.717) is 12.2 Å². The third-order valence-corrected chi connectivity index (χ3v) is 1.78. The summed E-state index contributed by atoms with van der Waals surface area (Å²) in [4.78, 5) is 11.1. The van der Waals surface area contributed by atoms with Crippen LogP contribution in [0.15, 0.2) is 24.8 Å². The topological polar surface area (TPSA) is 35.5 Å². The summed E-state index contributed by atoms with van der Waals surface area (Å²) in [7, 11) is 0. The number of esters is 1. The van der Waals surface area contributed by atoms with Crippen LogP contribution < -0.4 is 0 Å². The average Bonchev–Trinajstić information content (AvgIpc) is 2.13. The first-order valence-electron chi connectivity index (χ1n) is 4.58. The molecule has 3 nitrogen and oxygen atoms in total. The van der Waals surface area contributed by atoms with E-state index in [4.69, 9.17) is 9.47 Å². The highest BCUT2D eigenvalue weighted by atomic mass is 16.6. The zero-order valence-corrected chi connectivity index (χ0v) is 9.08. The minimum atomic E-state index is -0.383. The van der Waals surface area contributed by atoms with Gasteiger partial charge < -0.3 is 9.47 Å². The largest absolute Gasteiger partial charge is 0.457 e. The monoisotopic (exact) mass is 198 g/mol. The van der Waals surface area contributed by atoms with Gasteiger partial charge in [-0.05, 0) is 20.8 Å². The lowest BCUT2D eigenvalue weighted by Crippen LogP contribution is -2.28. The molecule has 0 aliphatic carbocycles. The highest BCUT2D eigenvalue weighted by Crippen LogP contribution is 2.05. The third kappa shape index (κ3) is 4.82. The maximum absolute atomic E-state index is 11.1. The van der Waals surface area contributed by atoms with Crippen LogP contribution in [0.3, 0.4) is 0 Å². The lowest BCUT2D eigenvalue weighted by Gasteiger charge is -2.20. The SMILES string of the molecule is C=CCOC(C)C(C)OC(=O)C(=C)C. The summed E-state index contributed by atoms with van der Waals surface area (Å²) in [6.07, 6.45) is 1.24. The van der Waals surface area contributed by atoms with Crippen LogP contribution >= 0.6 is 0 Å². The first-order chi connectivity index (χ1) is 6.49. The van der Waals surface area contributed by atoms with E-state index in [2.05, 4.69) is 13.2 Å². The van der Waals surface area contributed by atoms with Crippen molar-refractivity contribution >= 4 is 5.97 Å². The molecule has 0 radical (unpaired) electrons. The van der Waals surface area contributed by atoms with Gasteiger partial charge in [0.1, 0.15) is 6.10 Å². The molecule has 0 aromatic heterocycles. The van der Waals surface area contributed by atoms with Crippen molar-refractivity contribution < 1.29 is 14.3 Å². The molecular weight excluding hydrogens is 180 g/mol. The Bertz CT molecular complexity index is 221. The average molecular weight is 198 g/mol. The summed E-state index contributed by atoms with van der Waals surface area (Å²) in [6, 6.07) is 0. The number of hydrogen-bond donors (Lipinski definition) is 0. The molecule has 2 unspecified atom stereocenters. The number of ether oxygens (including phenoxy) is 2. The van der Waals surface area contributed by atoms with E-state index >= 15 is 0 Å². The smallest absolute Gasteiger partial charge is 0.333 e. The van der Waals surface area contributed by atoms with E-state index in [9.17, 15) is 4.79 Å². The molecule has 80 valence electrons. The molecular formula is C11H18O3. The molecule has 0 aromatic carbocycles. The Kier molecular flexibility index (Phi) is 5.88. The van der Waals surface area contributed by atoms with Crippen molar-refractivity contribution in [3.05, 3.63) is 24.8 Å². The van der Waals surface area contributed by atoms with Crippen LogP contribution in [0.25, 0.3) is 0 Å². The molecule has 0 fully saturated rings. The Labute approximate surface area is 85.4 Å². The number of rotatable bonds is 6. The highest BCUT2D eigenvalue weighted by Gasteiger charge is 2.16. The molecule has 0 aliphatic rings. The molecule has 0 saturated heterocycles. The normalized spacial score (nSPS) is 14.2. The predicted molar refractivity (Wildman–Crippen MR) is 56.0 cm³/mol. The fourth-order valence-electron chi connectivity index (χ4n) is 0.721. The zero-order chi connectivity index (χ0) is 11.1. The molecule has 2 atom stereocenters. The van der Waals surface area contributed by atoms with Gasteiger partial charge >= 0.3 is 5.97 Å². The van der Waals surface area contributed by atoms with E-state index in [1.165, 1.54) is 0 Å². The van der Waals surface area contributed by atoms with E-state index in [1.807, 2.05) is 6.92 Å². The van der Waals surface area contributed by atoms with E-state index < -0.39 is 0 Å². The van der Waals surface area contributed by atoms with Gasteiger partial charge in [-0.3, -0.25) is 0 Å². The van der Waals surface area contributed by atoms with Crippen LogP contribution in [0, 0.1) is 0 Å². The summed E-state index contributed by atoms with van der Waals surface area (Å²) < 4.78 is 10.4. The van der Waals surface area contributed by atoms with Crippen molar-refractivity contribution in [2.75, 3.05) is 6.61 Å². The quantitative estimate of drug-likeness (QED) is 0.372. The second kappa shape index (κ2) is 6.38. The van der Waals surface area contributed by atoms with Gasteiger partial charge in [-0.25, -0.2) is 4.79 Å². The predicted octanol–water partition coefficient (Wildman–Crippen LogP) is 2.09. The first kappa shape index (κ1) is 12.9. The minimum absolute atomic E-state index is 0.142. The van der Waals surface area contributed by atoms with Crippen molar-refractivity contribution in [3.63, 3.8) is 0 Å². The summed E-state index contributed by atoms with van der Waals surface area (Å²) in [5.74, 6) is -0.383. The standard InChI is InChI=1S/C11H18O3/c1-6-7-13-9(4)10(5)14-11(12)8(2)3/h6,9-10H,1-2,7H2,3-5H3. The summed E-state index contributed by atoms with van der Waals surface area (Å²) >= 11 is 0. The van der Waals surface area contributed by atoms with Gasteiger partial charge in [0.05, 0.1) is 12.7 Å². The Morgan fingerprint density at radius 1 is 1.43 bits per heavy atom. The van der Waals surface area contributed by atoms with Crippen molar-refractivity contribution in [3.8, 4) is 0 Å². The second-order valence-electron chi connectivity index (χ2n) is 3.22. The Morgan fingerprint density at radius 3 is 2.43 bits per heavy atom. The summed E-state index contributed by atoms with van der Waals surface area (Å²) in [6.45, 7) is 12.7. The molecule has 0 saturated carbocycles. The minimum Gasteiger partial charge on any atom is -0.457 e. The van der Waals surface area contributed by atoms with E-state index in [-0.39, 0.29) is 18.2 Å². The van der Waals surface area contributed by atoms with Crippen LogP contribution in [-0.4, -0.2) is 24.8 Å². The lowest BCUT2D eigenvalue weighted by atomic mass is 10.2. The molecule has 0 amide bonds. The van der Waals surface area contributed by atoms with Gasteiger partial charge in [0.15, 0.2) is 0 Å². The molecule has 0 spiro atoms. The fraction of sp³-hybridized carbons (Fsp3) is 0.545. The van der Waals surface area contributed by atoms with Crippen molar-refractivity contribution in [1.82, 2.24) is 0 Å². The molecule has 0 aromatic rings. The van der Waals surface area contributed by atoms with Crippen LogP contribution in [0.2, 0.25) is 0 Å². The third-order valence-electron chi connectivity index (χ3n) is 1.78. The van der Waals surface area contributed by atoms with Crippen LogP contribution in [0.4, 0.5) is 0 Å². The van der Waals surface area contributed by atoms with Crippen LogP contribution in [0.1, 0.15) is 20.8 Å². The lowest BCUT2D eigenvalue weighted by molar-refractivity contribution is -0.149. The summed E-state index contributed by atoms with van der Waals surface area (Å²) in [5.41, 5.74) is 0.396. The second-order valence-corrected chi connectivity index (χ2v) is 3.22. The van der Waals surface area contributed by atoms with Crippen LogP contribution in [0.5, 0.6) is 0 Å². The maximum Gasteiger partial charge on any atom is 0.333 e. The molecule has 3 heteroatoms. The molecule has 0 bridgehead atoms. The number of carbonyl (C=O) groups is 1. The van der Waals surface area contributed by atoms with Gasteiger partial charge in [0.2, 0.25) is 0 Å². The molecule has 14 heavy (non-hydrogen) atoms.